The van der Waals surface area contributed by atoms with E-state index in [1.807, 2.05) is 0 Å². The van der Waals surface area contributed by atoms with Gasteiger partial charge in [0.25, 0.3) is 0 Å². The van der Waals surface area contributed by atoms with Crippen molar-refractivity contribution in [2.24, 2.45) is 0 Å². The van der Waals surface area contributed by atoms with Crippen molar-refractivity contribution in [3.8, 4) is 0 Å². The molecular formula is C45H42BP. The van der Waals surface area contributed by atoms with Gasteiger partial charge in [0.2, 0.25) is 0 Å². The molecule has 0 N–H and O–H groups in total. The summed E-state index contributed by atoms with van der Waals surface area (Å²) in [5, 5.41) is 4.49. The summed E-state index contributed by atoms with van der Waals surface area (Å²) < 4.78 is 0. The van der Waals surface area contributed by atoms with Gasteiger partial charge in [-0.3, -0.25) is 0 Å². The Morgan fingerprint density at radius 3 is 0.723 bits per heavy atom. The second-order valence-electron chi connectivity index (χ2n) is 12.3. The summed E-state index contributed by atoms with van der Waals surface area (Å²) in [6.45, 7) is 6.70. The van der Waals surface area contributed by atoms with Crippen molar-refractivity contribution in [1.29, 1.82) is 0 Å². The fourth-order valence-corrected chi connectivity index (χ4v) is 10.2. The van der Waals surface area contributed by atoms with Crippen LogP contribution in [0.2, 0.25) is 0 Å². The number of hydrogen-bond donors (Lipinski definition) is 0. The van der Waals surface area contributed by atoms with Gasteiger partial charge in [-0.1, -0.05) is 176 Å². The molecule has 0 nitrogen and oxygen atoms in total. The molecule has 0 saturated heterocycles. The number of hydrogen-bond acceptors (Lipinski definition) is 0. The Balaban J connectivity index is 0.000000166. The summed E-state index contributed by atoms with van der Waals surface area (Å²) in [7, 11) is -0.968. The molecule has 7 aromatic carbocycles. The van der Waals surface area contributed by atoms with Crippen LogP contribution >= 0.6 is 7.92 Å². The summed E-state index contributed by atoms with van der Waals surface area (Å²) in [5.41, 5.74) is 9.53. The first-order valence-corrected chi connectivity index (χ1v) is 18.0. The number of aryl methyl sites for hydroxylation is 3. The molecule has 0 unspecified atom stereocenters. The molecule has 0 amide bonds. The van der Waals surface area contributed by atoms with Crippen LogP contribution in [0.3, 0.4) is 0 Å². The van der Waals surface area contributed by atoms with E-state index in [9.17, 15) is 0 Å². The van der Waals surface area contributed by atoms with E-state index in [0.717, 1.165) is 0 Å². The van der Waals surface area contributed by atoms with E-state index in [0.29, 0.717) is 0 Å². The van der Waals surface area contributed by atoms with Crippen LogP contribution in [0.4, 0.5) is 0 Å². The lowest BCUT2D eigenvalue weighted by molar-refractivity contribution is 1.49. The Hall–Kier alpha value is -4.97. The highest BCUT2D eigenvalue weighted by atomic mass is 31.1. The molecule has 0 aliphatic heterocycles. The molecular weight excluding hydrogens is 582 g/mol. The molecule has 7 aromatic rings. The second-order valence-corrected chi connectivity index (χ2v) is 14.7. The average Bonchev–Trinajstić information content (AvgIpc) is 3.13. The van der Waals surface area contributed by atoms with Gasteiger partial charge < -0.3 is 0 Å². The summed E-state index contributed by atoms with van der Waals surface area (Å²) in [5.74, 6) is 0. The van der Waals surface area contributed by atoms with Gasteiger partial charge in [-0.15, -0.1) is 0 Å². The highest BCUT2D eigenvalue weighted by molar-refractivity contribution is 7.80. The molecule has 0 heterocycles. The lowest BCUT2D eigenvalue weighted by atomic mass is 9.13. The van der Waals surface area contributed by atoms with Crippen LogP contribution in [-0.4, -0.2) is 6.15 Å². The highest BCUT2D eigenvalue weighted by Gasteiger charge is 2.31. The topological polar surface area (TPSA) is 0 Å². The number of benzene rings is 7. The van der Waals surface area contributed by atoms with E-state index >= 15 is 0 Å². The molecule has 0 bridgehead atoms. The third-order valence-corrected chi connectivity index (χ3v) is 12.7. The fraction of sp³-hybridized carbons (Fsp3) is 0.0667. The van der Waals surface area contributed by atoms with Crippen molar-refractivity contribution in [1.82, 2.24) is 0 Å². The summed E-state index contributed by atoms with van der Waals surface area (Å²) in [6, 6.07) is 70.1. The minimum absolute atomic E-state index is 0.968. The van der Waals surface area contributed by atoms with Crippen LogP contribution < -0.4 is 37.8 Å². The standard InChI is InChI=1S/C24H20B.C21H21P/c1-5-13-21(14-6-1)25(22-15-7-2-8-16-22,23-17-9-3-10-18-23)24-19-11-4-12-20-24;1-16-10-4-7-13-19(16)22(20-14-8-5-11-17(20)2)21-15-9-6-12-18(21)3/h1-20H;4-15H,1-3H3/q-1;/p+1. The third kappa shape index (κ3) is 6.78. The SMILES string of the molecule is Cc1ccccc1[PH+](c1ccccc1C)c1ccccc1C.c1ccc([B-](c2ccccc2)(c2ccccc2)c2ccccc2)cc1. The van der Waals surface area contributed by atoms with Gasteiger partial charge >= 0.3 is 0 Å². The Labute approximate surface area is 282 Å². The Bertz CT molecular complexity index is 1730. The fourth-order valence-electron chi connectivity index (χ4n) is 7.12. The molecule has 2 heteroatoms. The summed E-state index contributed by atoms with van der Waals surface area (Å²) in [4.78, 5) is 0. The van der Waals surface area contributed by atoms with Crippen LogP contribution in [0.5, 0.6) is 0 Å². The molecule has 0 aliphatic rings. The van der Waals surface area contributed by atoms with Crippen LogP contribution in [0.15, 0.2) is 194 Å². The molecule has 230 valence electrons. The maximum absolute atomic E-state index is 2.31. The zero-order valence-electron chi connectivity index (χ0n) is 27.6. The molecule has 0 aromatic heterocycles. The van der Waals surface area contributed by atoms with Crippen molar-refractivity contribution in [3.63, 3.8) is 0 Å². The smallest absolute Gasteiger partial charge is 0.108 e. The summed E-state index contributed by atoms with van der Waals surface area (Å²) in [6.07, 6.45) is -1.22. The third-order valence-electron chi connectivity index (χ3n) is 9.44. The largest absolute Gasteiger partial charge is 0.195 e. The van der Waals surface area contributed by atoms with Crippen molar-refractivity contribution in [2.45, 2.75) is 20.8 Å². The molecule has 0 spiro atoms. The lowest BCUT2D eigenvalue weighted by Crippen LogP contribution is -2.74. The van der Waals surface area contributed by atoms with Gasteiger partial charge in [-0.2, -0.15) is 21.9 Å². The van der Waals surface area contributed by atoms with Gasteiger partial charge in [-0.25, -0.2) is 0 Å². The van der Waals surface area contributed by atoms with Gasteiger partial charge in [0.15, 0.2) is 0 Å². The summed E-state index contributed by atoms with van der Waals surface area (Å²) >= 11 is 0. The van der Waals surface area contributed by atoms with E-state index in [4.69, 9.17) is 0 Å². The zero-order chi connectivity index (χ0) is 32.5. The minimum atomic E-state index is -1.22. The monoisotopic (exact) mass is 624 g/mol. The Morgan fingerprint density at radius 2 is 0.489 bits per heavy atom. The van der Waals surface area contributed by atoms with E-state index in [1.165, 1.54) is 54.5 Å². The zero-order valence-corrected chi connectivity index (χ0v) is 28.6. The molecule has 7 rings (SSSR count). The minimum Gasteiger partial charge on any atom is -0.195 e. The normalized spacial score (nSPS) is 11.1. The van der Waals surface area contributed by atoms with E-state index in [-0.39, 0.29) is 0 Å². The van der Waals surface area contributed by atoms with Crippen LogP contribution in [0, 0.1) is 20.8 Å². The van der Waals surface area contributed by atoms with Crippen molar-refractivity contribution >= 4 is 51.8 Å². The first-order valence-electron chi connectivity index (χ1n) is 16.5. The Morgan fingerprint density at radius 1 is 0.277 bits per heavy atom. The molecule has 0 saturated carbocycles. The molecule has 0 fully saturated rings. The van der Waals surface area contributed by atoms with Crippen LogP contribution in [0.25, 0.3) is 0 Å². The van der Waals surface area contributed by atoms with Crippen molar-refractivity contribution in [2.75, 3.05) is 0 Å². The van der Waals surface area contributed by atoms with E-state index in [2.05, 4.69) is 215 Å². The maximum atomic E-state index is 2.31. The van der Waals surface area contributed by atoms with Crippen molar-refractivity contribution in [3.05, 3.63) is 211 Å². The predicted octanol–water partition coefficient (Wildman–Crippen LogP) is 7.17. The quantitative estimate of drug-likeness (QED) is 0.130. The molecule has 0 radical (unpaired) electrons. The van der Waals surface area contributed by atoms with Gasteiger partial charge in [0, 0.05) is 0 Å². The molecule has 0 atom stereocenters. The predicted molar refractivity (Wildman–Crippen MR) is 211 cm³/mol. The van der Waals surface area contributed by atoms with Gasteiger partial charge in [0.05, 0.1) is 7.92 Å². The van der Waals surface area contributed by atoms with Crippen LogP contribution in [-0.2, 0) is 0 Å². The second kappa shape index (κ2) is 15.1. The van der Waals surface area contributed by atoms with E-state index < -0.39 is 14.1 Å². The maximum Gasteiger partial charge on any atom is 0.108 e. The van der Waals surface area contributed by atoms with Gasteiger partial charge in [0.1, 0.15) is 22.1 Å². The number of rotatable bonds is 7. The van der Waals surface area contributed by atoms with Crippen LogP contribution in [0.1, 0.15) is 16.7 Å². The average molecular weight is 625 g/mol. The van der Waals surface area contributed by atoms with E-state index in [1.54, 1.807) is 0 Å². The Kier molecular flexibility index (Phi) is 10.3. The molecule has 47 heavy (non-hydrogen) atoms. The highest BCUT2D eigenvalue weighted by Crippen LogP contribution is 2.36. The first-order chi connectivity index (χ1) is 23.1. The first kappa shape index (κ1) is 32.0. The lowest BCUT2D eigenvalue weighted by Gasteiger charge is -2.44. The van der Waals surface area contributed by atoms with Crippen molar-refractivity contribution < 1.29 is 0 Å². The van der Waals surface area contributed by atoms with Gasteiger partial charge in [-0.05, 0) is 55.7 Å². The molecule has 0 aliphatic carbocycles.